The fraction of sp³-hybridized carbons (Fsp3) is 0.500. The summed E-state index contributed by atoms with van der Waals surface area (Å²) in [7, 11) is 0. The van der Waals surface area contributed by atoms with Gasteiger partial charge in [0.15, 0.2) is 0 Å². The van der Waals surface area contributed by atoms with Crippen molar-refractivity contribution in [2.75, 3.05) is 18.1 Å². The van der Waals surface area contributed by atoms with Crippen LogP contribution in [0.4, 0.5) is 11.4 Å². The smallest absolute Gasteiger partial charge is 0.294 e. The molecule has 1 aromatic heterocycles. The normalized spacial score (nSPS) is 15.1. The van der Waals surface area contributed by atoms with E-state index in [9.17, 15) is 15.2 Å². The number of nitro benzene ring substituents is 1. The van der Waals surface area contributed by atoms with Crippen molar-refractivity contribution in [3.05, 3.63) is 27.3 Å². The summed E-state index contributed by atoms with van der Waals surface area (Å²) in [6, 6.07) is 3.69. The predicted molar refractivity (Wildman–Crippen MR) is 83.1 cm³/mol. The third-order valence-electron chi connectivity index (χ3n) is 3.95. The van der Waals surface area contributed by atoms with Crippen molar-refractivity contribution < 1.29 is 10.0 Å². The summed E-state index contributed by atoms with van der Waals surface area (Å²) in [6.07, 6.45) is 3.18. The average molecular weight is 307 g/mol. The second kappa shape index (κ2) is 5.57. The molecule has 0 spiro atoms. The zero-order chi connectivity index (χ0) is 15.0. The molecule has 1 N–H and O–H groups in total. The van der Waals surface area contributed by atoms with Gasteiger partial charge in [-0.1, -0.05) is 0 Å². The van der Waals surface area contributed by atoms with Crippen LogP contribution >= 0.6 is 11.3 Å². The standard InChI is InChI=1S/C14H17N3O3S/c1-9-15-11-7-12(13(17(19)20)8-14(11)21-9)16(5-6-18)10-3-2-4-10/h7-8,10,18H,2-6H2,1H3. The molecule has 0 amide bonds. The fourth-order valence-corrected chi connectivity index (χ4v) is 3.59. The molecule has 0 unspecified atom stereocenters. The Morgan fingerprint density at radius 1 is 1.52 bits per heavy atom. The van der Waals surface area contributed by atoms with Gasteiger partial charge in [-0.05, 0) is 32.3 Å². The molecule has 0 saturated heterocycles. The lowest BCUT2D eigenvalue weighted by Crippen LogP contribution is -2.42. The molecule has 1 aliphatic rings. The Labute approximate surface area is 126 Å². The minimum Gasteiger partial charge on any atom is -0.395 e. The van der Waals surface area contributed by atoms with Crippen LogP contribution in [0.2, 0.25) is 0 Å². The number of benzene rings is 1. The van der Waals surface area contributed by atoms with Crippen LogP contribution in [0.15, 0.2) is 12.1 Å². The number of nitrogens with zero attached hydrogens (tertiary/aromatic N) is 3. The van der Waals surface area contributed by atoms with Gasteiger partial charge in [0.05, 0.1) is 26.8 Å². The molecule has 0 aliphatic heterocycles. The molecule has 1 saturated carbocycles. The fourth-order valence-electron chi connectivity index (χ4n) is 2.75. The van der Waals surface area contributed by atoms with E-state index in [1.807, 2.05) is 11.8 Å². The van der Waals surface area contributed by atoms with Crippen LogP contribution in [0.5, 0.6) is 0 Å². The Hall–Kier alpha value is -1.73. The molecule has 0 bridgehead atoms. The highest BCUT2D eigenvalue weighted by molar-refractivity contribution is 7.18. The maximum atomic E-state index is 11.4. The van der Waals surface area contributed by atoms with Crippen molar-refractivity contribution in [2.45, 2.75) is 32.2 Å². The van der Waals surface area contributed by atoms with Crippen LogP contribution in [-0.2, 0) is 0 Å². The first-order valence-electron chi connectivity index (χ1n) is 7.03. The van der Waals surface area contributed by atoms with Crippen molar-refractivity contribution >= 4 is 32.9 Å². The lowest BCUT2D eigenvalue weighted by Gasteiger charge is -2.38. The van der Waals surface area contributed by atoms with Crippen LogP contribution < -0.4 is 4.90 Å². The third kappa shape index (κ3) is 2.58. The van der Waals surface area contributed by atoms with Crippen molar-refractivity contribution in [1.29, 1.82) is 0 Å². The van der Waals surface area contributed by atoms with E-state index in [4.69, 9.17) is 0 Å². The molecule has 1 heterocycles. The maximum Gasteiger partial charge on any atom is 0.294 e. The first-order chi connectivity index (χ1) is 10.1. The Morgan fingerprint density at radius 2 is 2.29 bits per heavy atom. The minimum atomic E-state index is -0.340. The van der Waals surface area contributed by atoms with Crippen LogP contribution in [0.25, 0.3) is 10.2 Å². The van der Waals surface area contributed by atoms with Gasteiger partial charge in [-0.15, -0.1) is 11.3 Å². The number of aromatic nitrogens is 1. The highest BCUT2D eigenvalue weighted by atomic mass is 32.1. The molecule has 0 atom stereocenters. The van der Waals surface area contributed by atoms with Gasteiger partial charge < -0.3 is 10.0 Å². The van der Waals surface area contributed by atoms with Crippen molar-refractivity contribution in [2.24, 2.45) is 0 Å². The third-order valence-corrected chi connectivity index (χ3v) is 4.89. The second-order valence-electron chi connectivity index (χ2n) is 5.30. The Balaban J connectivity index is 2.12. The van der Waals surface area contributed by atoms with Gasteiger partial charge in [0, 0.05) is 18.7 Å². The molecule has 1 aliphatic carbocycles. The van der Waals surface area contributed by atoms with Gasteiger partial charge in [0.1, 0.15) is 5.69 Å². The zero-order valence-corrected chi connectivity index (χ0v) is 12.6. The Bertz CT molecular complexity index is 681. The Morgan fingerprint density at radius 3 is 2.86 bits per heavy atom. The summed E-state index contributed by atoms with van der Waals surface area (Å²) < 4.78 is 0.834. The highest BCUT2D eigenvalue weighted by Gasteiger charge is 2.30. The minimum absolute atomic E-state index is 0.0121. The first kappa shape index (κ1) is 14.2. The monoisotopic (exact) mass is 307 g/mol. The largest absolute Gasteiger partial charge is 0.395 e. The second-order valence-corrected chi connectivity index (χ2v) is 6.54. The van der Waals surface area contributed by atoms with Crippen LogP contribution in [-0.4, -0.2) is 34.2 Å². The Kier molecular flexibility index (Phi) is 3.77. The molecule has 1 aromatic carbocycles. The van der Waals surface area contributed by atoms with Gasteiger partial charge in [-0.3, -0.25) is 10.1 Å². The average Bonchev–Trinajstić information content (AvgIpc) is 2.73. The summed E-state index contributed by atoms with van der Waals surface area (Å²) >= 11 is 1.46. The van der Waals surface area contributed by atoms with E-state index in [1.165, 1.54) is 11.3 Å². The van der Waals surface area contributed by atoms with Gasteiger partial charge in [-0.25, -0.2) is 4.98 Å². The number of hydrogen-bond acceptors (Lipinski definition) is 6. The molecular weight excluding hydrogens is 290 g/mol. The van der Waals surface area contributed by atoms with Gasteiger partial charge in [-0.2, -0.15) is 0 Å². The number of aliphatic hydroxyl groups is 1. The van der Waals surface area contributed by atoms with E-state index in [1.54, 1.807) is 12.1 Å². The maximum absolute atomic E-state index is 11.4. The lowest BCUT2D eigenvalue weighted by molar-refractivity contribution is -0.384. The molecule has 7 heteroatoms. The van der Waals surface area contributed by atoms with Gasteiger partial charge in [0.25, 0.3) is 5.69 Å². The van der Waals surface area contributed by atoms with E-state index < -0.39 is 0 Å². The summed E-state index contributed by atoms with van der Waals surface area (Å²) in [6.45, 7) is 2.30. The molecule has 1 fully saturated rings. The molecule has 3 rings (SSSR count). The van der Waals surface area contributed by atoms with Crippen LogP contribution in [0, 0.1) is 17.0 Å². The first-order valence-corrected chi connectivity index (χ1v) is 7.85. The highest BCUT2D eigenvalue weighted by Crippen LogP contribution is 2.39. The summed E-state index contributed by atoms with van der Waals surface area (Å²) in [5.41, 5.74) is 1.48. The topological polar surface area (TPSA) is 79.5 Å². The van der Waals surface area contributed by atoms with E-state index in [0.29, 0.717) is 12.2 Å². The number of nitro groups is 1. The number of aliphatic hydroxyl groups excluding tert-OH is 1. The molecule has 2 aromatic rings. The number of anilines is 1. The van der Waals surface area contributed by atoms with E-state index in [2.05, 4.69) is 4.98 Å². The van der Waals surface area contributed by atoms with Crippen molar-refractivity contribution in [3.8, 4) is 0 Å². The van der Waals surface area contributed by atoms with E-state index >= 15 is 0 Å². The van der Waals surface area contributed by atoms with Crippen molar-refractivity contribution in [3.63, 3.8) is 0 Å². The number of hydrogen-bond donors (Lipinski definition) is 1. The summed E-state index contributed by atoms with van der Waals surface area (Å²) in [4.78, 5) is 17.5. The van der Waals surface area contributed by atoms with E-state index in [-0.39, 0.29) is 23.3 Å². The van der Waals surface area contributed by atoms with Crippen molar-refractivity contribution in [1.82, 2.24) is 4.98 Å². The molecular formula is C14H17N3O3S. The SMILES string of the molecule is Cc1nc2cc(N(CCO)C3CCC3)c([N+](=O)[O-])cc2s1. The number of fused-ring (bicyclic) bond motifs is 1. The zero-order valence-electron chi connectivity index (χ0n) is 11.8. The number of thiazole rings is 1. The molecule has 21 heavy (non-hydrogen) atoms. The summed E-state index contributed by atoms with van der Waals surface area (Å²) in [5.74, 6) is 0. The lowest BCUT2D eigenvalue weighted by atomic mass is 9.91. The quantitative estimate of drug-likeness (QED) is 0.678. The predicted octanol–water partition coefficient (Wildman–Crippen LogP) is 2.86. The van der Waals surface area contributed by atoms with Crippen LogP contribution in [0.1, 0.15) is 24.3 Å². The van der Waals surface area contributed by atoms with Gasteiger partial charge >= 0.3 is 0 Å². The number of aryl methyl sites for hydroxylation is 1. The van der Waals surface area contributed by atoms with E-state index in [0.717, 1.165) is 34.5 Å². The van der Waals surface area contributed by atoms with Gasteiger partial charge in [0.2, 0.25) is 0 Å². The molecule has 0 radical (unpaired) electrons. The number of rotatable bonds is 5. The molecule has 6 nitrogen and oxygen atoms in total. The van der Waals surface area contributed by atoms with Crippen LogP contribution in [0.3, 0.4) is 0 Å². The summed E-state index contributed by atoms with van der Waals surface area (Å²) in [5, 5.41) is 21.6. The molecule has 112 valence electrons.